The molecule has 2 aromatic heterocycles. The molecule has 1 N–H and O–H groups in total. The highest BCUT2D eigenvalue weighted by molar-refractivity contribution is 6.03. The van der Waals surface area contributed by atoms with Crippen LogP contribution in [0, 0.1) is 11.3 Å². The number of benzene rings is 1. The van der Waals surface area contributed by atoms with E-state index in [2.05, 4.69) is 4.98 Å². The first-order chi connectivity index (χ1) is 13.6. The lowest BCUT2D eigenvalue weighted by Gasteiger charge is -2.20. The average molecular weight is 379 g/mol. The van der Waals surface area contributed by atoms with E-state index in [1.165, 1.54) is 11.2 Å². The van der Waals surface area contributed by atoms with E-state index in [0.29, 0.717) is 16.7 Å². The van der Waals surface area contributed by atoms with E-state index < -0.39 is 24.0 Å². The van der Waals surface area contributed by atoms with Gasteiger partial charge in [-0.1, -0.05) is 18.2 Å². The molecule has 8 heteroatoms. The van der Waals surface area contributed by atoms with Crippen LogP contribution in [-0.2, 0) is 16.1 Å². The number of para-hydroxylation sites is 1. The molecule has 0 aliphatic rings. The van der Waals surface area contributed by atoms with Gasteiger partial charge in [0.05, 0.1) is 30.9 Å². The monoisotopic (exact) mass is 379 g/mol. The van der Waals surface area contributed by atoms with E-state index >= 15 is 0 Å². The number of carbonyl (C=O) groups excluding carboxylic acids is 2. The zero-order valence-corrected chi connectivity index (χ0v) is 14.9. The highest BCUT2D eigenvalue weighted by Crippen LogP contribution is 2.15. The lowest BCUT2D eigenvalue weighted by molar-refractivity contribution is -0.135. The minimum absolute atomic E-state index is 0.0850. The van der Waals surface area contributed by atoms with Crippen LogP contribution in [0.25, 0.3) is 10.9 Å². The Labute approximate surface area is 159 Å². The van der Waals surface area contributed by atoms with Gasteiger partial charge >= 0.3 is 5.97 Å². The largest absolute Gasteiger partial charge is 0.467 e. The van der Waals surface area contributed by atoms with Crippen molar-refractivity contribution in [3.05, 3.63) is 70.4 Å². The molecule has 0 radical (unpaired) electrons. The Morgan fingerprint density at radius 1 is 1.21 bits per heavy atom. The standard InChI is InChI=1S/C20H17N3O5/c21-8-4-9-23(12-14-5-3-10-27-14)19(25)13-28-20(26)16-11-18(24)22-17-7-2-1-6-15(16)17/h1-3,5-7,10-11H,4,9,12-13H2,(H,22,24). The molecule has 0 unspecified atom stereocenters. The molecule has 28 heavy (non-hydrogen) atoms. The number of nitrogens with zero attached hydrogens (tertiary/aromatic N) is 2. The minimum Gasteiger partial charge on any atom is -0.467 e. The van der Waals surface area contributed by atoms with Crippen molar-refractivity contribution in [1.29, 1.82) is 5.26 Å². The van der Waals surface area contributed by atoms with Crippen molar-refractivity contribution < 1.29 is 18.7 Å². The molecule has 0 aliphatic carbocycles. The first kappa shape index (κ1) is 18.9. The third-order valence-corrected chi connectivity index (χ3v) is 4.07. The van der Waals surface area contributed by atoms with Gasteiger partial charge in [0, 0.05) is 23.5 Å². The van der Waals surface area contributed by atoms with Crippen molar-refractivity contribution in [2.24, 2.45) is 0 Å². The molecule has 1 aromatic carbocycles. The maximum Gasteiger partial charge on any atom is 0.339 e. The fourth-order valence-corrected chi connectivity index (χ4v) is 2.74. The van der Waals surface area contributed by atoms with E-state index in [1.54, 1.807) is 36.4 Å². The van der Waals surface area contributed by atoms with Gasteiger partial charge in [-0.25, -0.2) is 4.79 Å². The van der Waals surface area contributed by atoms with Crippen molar-refractivity contribution in [1.82, 2.24) is 9.88 Å². The predicted octanol–water partition coefficient (Wildman–Crippen LogP) is 2.22. The molecule has 142 valence electrons. The first-order valence-corrected chi connectivity index (χ1v) is 8.55. The van der Waals surface area contributed by atoms with Crippen LogP contribution in [0.2, 0.25) is 0 Å². The second kappa shape index (κ2) is 8.68. The molecule has 1 amide bonds. The average Bonchev–Trinajstić information content (AvgIpc) is 3.21. The number of H-pyrrole nitrogens is 1. The van der Waals surface area contributed by atoms with Crippen molar-refractivity contribution >= 4 is 22.8 Å². The Morgan fingerprint density at radius 3 is 2.79 bits per heavy atom. The third kappa shape index (κ3) is 4.45. The van der Waals surface area contributed by atoms with Gasteiger partial charge in [-0.3, -0.25) is 9.59 Å². The third-order valence-electron chi connectivity index (χ3n) is 4.07. The maximum atomic E-state index is 12.5. The number of hydrogen-bond donors (Lipinski definition) is 1. The van der Waals surface area contributed by atoms with Gasteiger partial charge in [0.2, 0.25) is 5.56 Å². The first-order valence-electron chi connectivity index (χ1n) is 8.55. The zero-order valence-electron chi connectivity index (χ0n) is 14.9. The fraction of sp³-hybridized carbons (Fsp3) is 0.200. The highest BCUT2D eigenvalue weighted by Gasteiger charge is 2.19. The second-order valence-corrected chi connectivity index (χ2v) is 5.97. The number of nitrogens with one attached hydrogen (secondary N) is 1. The quantitative estimate of drug-likeness (QED) is 0.629. The summed E-state index contributed by atoms with van der Waals surface area (Å²) in [7, 11) is 0. The number of aromatic nitrogens is 1. The summed E-state index contributed by atoms with van der Waals surface area (Å²) in [5, 5.41) is 9.31. The van der Waals surface area contributed by atoms with Crippen LogP contribution in [0.5, 0.6) is 0 Å². The second-order valence-electron chi connectivity index (χ2n) is 5.97. The van der Waals surface area contributed by atoms with E-state index in [0.717, 1.165) is 6.07 Å². The molecular weight excluding hydrogens is 362 g/mol. The van der Waals surface area contributed by atoms with Gasteiger partial charge in [-0.15, -0.1) is 0 Å². The van der Waals surface area contributed by atoms with Crippen molar-refractivity contribution in [2.75, 3.05) is 13.2 Å². The SMILES string of the molecule is N#CCCN(Cc1ccco1)C(=O)COC(=O)c1cc(=O)[nH]c2ccccc12. The molecular formula is C20H17N3O5. The number of nitriles is 1. The number of fused-ring (bicyclic) bond motifs is 1. The Hall–Kier alpha value is -3.86. The van der Waals surface area contributed by atoms with Crippen LogP contribution in [0.4, 0.5) is 0 Å². The number of pyridine rings is 1. The maximum absolute atomic E-state index is 12.5. The molecule has 0 saturated heterocycles. The van der Waals surface area contributed by atoms with Crippen LogP contribution in [0.1, 0.15) is 22.5 Å². The van der Waals surface area contributed by atoms with Gasteiger partial charge in [-0.05, 0) is 18.2 Å². The number of hydrogen-bond acceptors (Lipinski definition) is 6. The fourth-order valence-electron chi connectivity index (χ4n) is 2.74. The summed E-state index contributed by atoms with van der Waals surface area (Å²) in [5.41, 5.74) is 0.147. The van der Waals surface area contributed by atoms with Gasteiger partial charge in [0.15, 0.2) is 6.61 Å². The number of esters is 1. The Kier molecular flexibility index (Phi) is 5.87. The number of furan rings is 1. The van der Waals surface area contributed by atoms with Crippen LogP contribution >= 0.6 is 0 Å². The molecule has 0 atom stereocenters. The Morgan fingerprint density at radius 2 is 2.04 bits per heavy atom. The molecule has 2 heterocycles. The molecule has 0 fully saturated rings. The van der Waals surface area contributed by atoms with Gasteiger partial charge < -0.3 is 19.0 Å². The Bertz CT molecular complexity index is 1080. The summed E-state index contributed by atoms with van der Waals surface area (Å²) < 4.78 is 10.4. The van der Waals surface area contributed by atoms with Crippen LogP contribution < -0.4 is 5.56 Å². The predicted molar refractivity (Wildman–Crippen MR) is 99.2 cm³/mol. The number of aromatic amines is 1. The lowest BCUT2D eigenvalue weighted by atomic mass is 10.1. The smallest absolute Gasteiger partial charge is 0.339 e. The van der Waals surface area contributed by atoms with Crippen LogP contribution in [0.15, 0.2) is 57.9 Å². The summed E-state index contributed by atoms with van der Waals surface area (Å²) in [4.78, 5) is 40.7. The molecule has 3 rings (SSSR count). The summed E-state index contributed by atoms with van der Waals surface area (Å²) in [6.07, 6.45) is 1.62. The van der Waals surface area contributed by atoms with E-state index in [1.807, 2.05) is 6.07 Å². The van der Waals surface area contributed by atoms with E-state index in [9.17, 15) is 14.4 Å². The Balaban J connectivity index is 1.71. The minimum atomic E-state index is -0.770. The topological polar surface area (TPSA) is 116 Å². The zero-order chi connectivity index (χ0) is 19.9. The van der Waals surface area contributed by atoms with Crippen molar-refractivity contribution in [3.63, 3.8) is 0 Å². The van der Waals surface area contributed by atoms with Crippen molar-refractivity contribution in [2.45, 2.75) is 13.0 Å². The van der Waals surface area contributed by atoms with E-state index in [-0.39, 0.29) is 25.1 Å². The van der Waals surface area contributed by atoms with Gasteiger partial charge in [-0.2, -0.15) is 5.26 Å². The molecule has 0 spiro atoms. The number of carbonyl (C=O) groups is 2. The van der Waals surface area contributed by atoms with Gasteiger partial charge in [0.25, 0.3) is 5.91 Å². The lowest BCUT2D eigenvalue weighted by Crippen LogP contribution is -2.35. The number of amides is 1. The molecule has 0 saturated carbocycles. The summed E-state index contributed by atoms with van der Waals surface area (Å²) in [6.45, 7) is -0.160. The van der Waals surface area contributed by atoms with Crippen LogP contribution in [-0.4, -0.2) is 34.9 Å². The molecule has 8 nitrogen and oxygen atoms in total. The molecule has 0 aliphatic heterocycles. The van der Waals surface area contributed by atoms with Crippen LogP contribution in [0.3, 0.4) is 0 Å². The highest BCUT2D eigenvalue weighted by atomic mass is 16.5. The molecule has 3 aromatic rings. The van der Waals surface area contributed by atoms with Gasteiger partial charge in [0.1, 0.15) is 5.76 Å². The van der Waals surface area contributed by atoms with Crippen molar-refractivity contribution in [3.8, 4) is 6.07 Å². The molecule has 0 bridgehead atoms. The number of ether oxygens (including phenoxy) is 1. The number of rotatable bonds is 7. The van der Waals surface area contributed by atoms with E-state index in [4.69, 9.17) is 14.4 Å². The summed E-state index contributed by atoms with van der Waals surface area (Å²) >= 11 is 0. The summed E-state index contributed by atoms with van der Waals surface area (Å²) in [6, 6.07) is 13.3. The summed E-state index contributed by atoms with van der Waals surface area (Å²) in [5.74, 6) is -0.679. The normalized spacial score (nSPS) is 10.4.